The molecule has 0 saturated carbocycles. The van der Waals surface area contributed by atoms with Gasteiger partial charge >= 0.3 is 0 Å². The smallest absolute Gasteiger partial charge is 0.222 e. The minimum absolute atomic E-state index is 0.261. The van der Waals surface area contributed by atoms with Crippen molar-refractivity contribution in [2.75, 3.05) is 19.7 Å². The van der Waals surface area contributed by atoms with E-state index < -0.39 is 0 Å². The SMILES string of the molecule is CC1CN(C(=O)CCC2CCCO2)CCC1N. The Morgan fingerprint density at radius 2 is 2.29 bits per heavy atom. The number of amides is 1. The van der Waals surface area contributed by atoms with E-state index in [9.17, 15) is 4.79 Å². The monoisotopic (exact) mass is 240 g/mol. The van der Waals surface area contributed by atoms with E-state index in [4.69, 9.17) is 10.5 Å². The molecule has 0 aromatic rings. The third-order valence-corrected chi connectivity index (χ3v) is 4.03. The van der Waals surface area contributed by atoms with Gasteiger partial charge in [0, 0.05) is 32.2 Å². The van der Waals surface area contributed by atoms with Gasteiger partial charge in [0.05, 0.1) is 6.10 Å². The molecule has 1 amide bonds. The number of nitrogens with zero attached hydrogens (tertiary/aromatic N) is 1. The molecule has 0 aromatic carbocycles. The fraction of sp³-hybridized carbons (Fsp3) is 0.923. The van der Waals surface area contributed by atoms with Crippen molar-refractivity contribution in [2.24, 2.45) is 11.7 Å². The van der Waals surface area contributed by atoms with Gasteiger partial charge in [-0.25, -0.2) is 0 Å². The molecule has 98 valence electrons. The molecule has 2 fully saturated rings. The normalized spacial score (nSPS) is 34.0. The van der Waals surface area contributed by atoms with E-state index in [2.05, 4.69) is 6.92 Å². The largest absolute Gasteiger partial charge is 0.378 e. The molecular formula is C13H24N2O2. The summed E-state index contributed by atoms with van der Waals surface area (Å²) < 4.78 is 5.54. The lowest BCUT2D eigenvalue weighted by atomic mass is 9.94. The van der Waals surface area contributed by atoms with Crippen molar-refractivity contribution in [3.8, 4) is 0 Å². The highest BCUT2D eigenvalue weighted by atomic mass is 16.5. The minimum Gasteiger partial charge on any atom is -0.378 e. The molecular weight excluding hydrogens is 216 g/mol. The summed E-state index contributed by atoms with van der Waals surface area (Å²) in [5, 5.41) is 0. The van der Waals surface area contributed by atoms with Crippen LogP contribution in [0.15, 0.2) is 0 Å². The van der Waals surface area contributed by atoms with Gasteiger partial charge in [0.15, 0.2) is 0 Å². The molecule has 0 aliphatic carbocycles. The van der Waals surface area contributed by atoms with Crippen LogP contribution >= 0.6 is 0 Å². The average molecular weight is 240 g/mol. The third-order valence-electron chi connectivity index (χ3n) is 4.03. The number of carbonyl (C=O) groups excluding carboxylic acids is 1. The average Bonchev–Trinajstić information content (AvgIpc) is 2.82. The topological polar surface area (TPSA) is 55.6 Å². The first-order valence-electron chi connectivity index (χ1n) is 6.82. The predicted molar refractivity (Wildman–Crippen MR) is 66.5 cm³/mol. The molecule has 17 heavy (non-hydrogen) atoms. The van der Waals surface area contributed by atoms with E-state index in [0.717, 1.165) is 45.4 Å². The summed E-state index contributed by atoms with van der Waals surface area (Å²) in [4.78, 5) is 14.0. The molecule has 0 aromatic heterocycles. The first kappa shape index (κ1) is 12.8. The van der Waals surface area contributed by atoms with Crippen LogP contribution < -0.4 is 5.73 Å². The van der Waals surface area contributed by atoms with Gasteiger partial charge in [0.1, 0.15) is 0 Å². The number of rotatable bonds is 3. The highest BCUT2D eigenvalue weighted by Crippen LogP contribution is 2.19. The lowest BCUT2D eigenvalue weighted by Crippen LogP contribution is -2.48. The Labute approximate surface area is 103 Å². The van der Waals surface area contributed by atoms with Gasteiger partial charge in [0.2, 0.25) is 5.91 Å². The molecule has 2 aliphatic heterocycles. The maximum Gasteiger partial charge on any atom is 0.222 e. The van der Waals surface area contributed by atoms with E-state index in [0.29, 0.717) is 18.4 Å². The number of hydrogen-bond acceptors (Lipinski definition) is 3. The molecule has 0 bridgehead atoms. The van der Waals surface area contributed by atoms with Gasteiger partial charge in [-0.2, -0.15) is 0 Å². The molecule has 2 N–H and O–H groups in total. The maximum atomic E-state index is 12.0. The summed E-state index contributed by atoms with van der Waals surface area (Å²) in [7, 11) is 0. The van der Waals surface area contributed by atoms with E-state index >= 15 is 0 Å². The third kappa shape index (κ3) is 3.42. The summed E-state index contributed by atoms with van der Waals surface area (Å²) in [6, 6.07) is 0.261. The molecule has 2 saturated heterocycles. The lowest BCUT2D eigenvalue weighted by Gasteiger charge is -2.35. The summed E-state index contributed by atoms with van der Waals surface area (Å²) in [6.07, 6.45) is 5.04. The Hall–Kier alpha value is -0.610. The molecule has 3 unspecified atom stereocenters. The number of piperidine rings is 1. The Morgan fingerprint density at radius 3 is 2.94 bits per heavy atom. The zero-order chi connectivity index (χ0) is 12.3. The van der Waals surface area contributed by atoms with Crippen LogP contribution in [0.3, 0.4) is 0 Å². The number of carbonyl (C=O) groups is 1. The van der Waals surface area contributed by atoms with E-state index in [-0.39, 0.29) is 11.9 Å². The Kier molecular flexibility index (Phi) is 4.40. The van der Waals surface area contributed by atoms with Gasteiger partial charge in [-0.05, 0) is 31.6 Å². The lowest BCUT2D eigenvalue weighted by molar-refractivity contribution is -0.133. The molecule has 0 spiro atoms. The van der Waals surface area contributed by atoms with Crippen molar-refractivity contribution in [3.63, 3.8) is 0 Å². The second-order valence-corrected chi connectivity index (χ2v) is 5.44. The van der Waals surface area contributed by atoms with E-state index in [1.54, 1.807) is 0 Å². The summed E-state index contributed by atoms with van der Waals surface area (Å²) in [5.41, 5.74) is 5.96. The van der Waals surface area contributed by atoms with Crippen LogP contribution in [0.2, 0.25) is 0 Å². The van der Waals surface area contributed by atoms with Crippen LogP contribution in [0.1, 0.15) is 39.0 Å². The highest BCUT2D eigenvalue weighted by molar-refractivity contribution is 5.76. The van der Waals surface area contributed by atoms with Gasteiger partial charge in [-0.3, -0.25) is 4.79 Å². The van der Waals surface area contributed by atoms with Crippen molar-refractivity contribution in [3.05, 3.63) is 0 Å². The van der Waals surface area contributed by atoms with Crippen molar-refractivity contribution >= 4 is 5.91 Å². The van der Waals surface area contributed by atoms with Gasteiger partial charge in [-0.15, -0.1) is 0 Å². The zero-order valence-corrected chi connectivity index (χ0v) is 10.7. The van der Waals surface area contributed by atoms with Crippen molar-refractivity contribution in [2.45, 2.75) is 51.2 Å². The van der Waals surface area contributed by atoms with Crippen LogP contribution in [-0.2, 0) is 9.53 Å². The zero-order valence-electron chi connectivity index (χ0n) is 10.7. The molecule has 4 heteroatoms. The van der Waals surface area contributed by atoms with Gasteiger partial charge in [-0.1, -0.05) is 6.92 Å². The van der Waals surface area contributed by atoms with E-state index in [1.807, 2.05) is 4.90 Å². The predicted octanol–water partition coefficient (Wildman–Crippen LogP) is 1.14. The molecule has 2 rings (SSSR count). The molecule has 2 heterocycles. The van der Waals surface area contributed by atoms with Crippen LogP contribution in [0, 0.1) is 5.92 Å². The molecule has 2 aliphatic rings. The second kappa shape index (κ2) is 5.83. The van der Waals surface area contributed by atoms with Crippen LogP contribution in [0.25, 0.3) is 0 Å². The Morgan fingerprint density at radius 1 is 1.47 bits per heavy atom. The Bertz CT molecular complexity index is 264. The van der Waals surface area contributed by atoms with Gasteiger partial charge in [0.25, 0.3) is 0 Å². The summed E-state index contributed by atoms with van der Waals surface area (Å²) in [6.45, 7) is 4.65. The number of likely N-dealkylation sites (tertiary alicyclic amines) is 1. The van der Waals surface area contributed by atoms with Crippen molar-refractivity contribution < 1.29 is 9.53 Å². The highest BCUT2D eigenvalue weighted by Gasteiger charge is 2.26. The van der Waals surface area contributed by atoms with E-state index in [1.165, 1.54) is 0 Å². The minimum atomic E-state index is 0.261. The first-order chi connectivity index (χ1) is 8.16. The first-order valence-corrected chi connectivity index (χ1v) is 6.82. The molecule has 4 nitrogen and oxygen atoms in total. The quantitative estimate of drug-likeness (QED) is 0.805. The Balaban J connectivity index is 1.72. The fourth-order valence-electron chi connectivity index (χ4n) is 2.70. The molecule has 0 radical (unpaired) electrons. The van der Waals surface area contributed by atoms with Crippen molar-refractivity contribution in [1.82, 2.24) is 4.90 Å². The number of ether oxygens (including phenoxy) is 1. The van der Waals surface area contributed by atoms with Crippen molar-refractivity contribution in [1.29, 1.82) is 0 Å². The second-order valence-electron chi connectivity index (χ2n) is 5.44. The maximum absolute atomic E-state index is 12.0. The summed E-state index contributed by atoms with van der Waals surface area (Å²) >= 11 is 0. The van der Waals surface area contributed by atoms with Gasteiger partial charge < -0.3 is 15.4 Å². The molecule has 3 atom stereocenters. The number of hydrogen-bond donors (Lipinski definition) is 1. The van der Waals surface area contributed by atoms with Crippen LogP contribution in [-0.4, -0.2) is 42.6 Å². The number of nitrogens with two attached hydrogens (primary N) is 1. The fourth-order valence-corrected chi connectivity index (χ4v) is 2.70. The standard InChI is InChI=1S/C13H24N2O2/c1-10-9-15(7-6-12(10)14)13(16)5-4-11-3-2-8-17-11/h10-12H,2-9,14H2,1H3. The summed E-state index contributed by atoms with van der Waals surface area (Å²) in [5.74, 6) is 0.703. The van der Waals surface area contributed by atoms with Crippen LogP contribution in [0.5, 0.6) is 0 Å². The van der Waals surface area contributed by atoms with Crippen LogP contribution in [0.4, 0.5) is 0 Å².